The number of benzene rings is 1. The van der Waals surface area contributed by atoms with E-state index in [1.54, 1.807) is 0 Å². The van der Waals surface area contributed by atoms with Crippen molar-refractivity contribution in [3.8, 4) is 0 Å². The number of amides is 1. The molecule has 1 aliphatic heterocycles. The number of anilines is 1. The molecule has 3 N–H and O–H groups in total. The number of hydrogen-bond donors (Lipinski definition) is 2. The van der Waals surface area contributed by atoms with Crippen LogP contribution in [0.5, 0.6) is 0 Å². The molecular formula is C14H20N2O. The molecule has 2 rings (SSSR count). The summed E-state index contributed by atoms with van der Waals surface area (Å²) in [6.45, 7) is 4.99. The van der Waals surface area contributed by atoms with Gasteiger partial charge in [0, 0.05) is 12.1 Å². The van der Waals surface area contributed by atoms with Gasteiger partial charge in [0.1, 0.15) is 0 Å². The first-order valence-corrected chi connectivity index (χ1v) is 6.25. The van der Waals surface area contributed by atoms with E-state index in [4.69, 9.17) is 5.73 Å². The monoisotopic (exact) mass is 232 g/mol. The van der Waals surface area contributed by atoms with Crippen LogP contribution < -0.4 is 11.1 Å². The van der Waals surface area contributed by atoms with Crippen LogP contribution in [0, 0.1) is 0 Å². The molecule has 3 heteroatoms. The molecule has 1 aromatic carbocycles. The lowest BCUT2D eigenvalue weighted by atomic mass is 9.85. The molecule has 1 aromatic rings. The average Bonchev–Trinajstić information content (AvgIpc) is 2.28. The summed E-state index contributed by atoms with van der Waals surface area (Å²) in [6, 6.07) is 6.33. The van der Waals surface area contributed by atoms with Gasteiger partial charge in [0.15, 0.2) is 0 Å². The van der Waals surface area contributed by atoms with E-state index in [1.165, 1.54) is 11.1 Å². The predicted molar refractivity (Wildman–Crippen MR) is 70.2 cm³/mol. The van der Waals surface area contributed by atoms with Gasteiger partial charge in [-0.05, 0) is 42.0 Å². The van der Waals surface area contributed by atoms with E-state index < -0.39 is 0 Å². The van der Waals surface area contributed by atoms with Gasteiger partial charge in [-0.25, -0.2) is 0 Å². The topological polar surface area (TPSA) is 55.1 Å². The minimum Gasteiger partial charge on any atom is -0.330 e. The lowest BCUT2D eigenvalue weighted by molar-refractivity contribution is -0.116. The average molecular weight is 232 g/mol. The number of carbonyl (C=O) groups excluding carboxylic acids is 1. The summed E-state index contributed by atoms with van der Waals surface area (Å²) < 4.78 is 0. The predicted octanol–water partition coefficient (Wildman–Crippen LogP) is 2.58. The molecule has 0 aliphatic carbocycles. The van der Waals surface area contributed by atoms with E-state index in [2.05, 4.69) is 31.3 Å². The maximum Gasteiger partial charge on any atom is 0.224 e. The van der Waals surface area contributed by atoms with Crippen molar-refractivity contribution < 1.29 is 4.79 Å². The normalized spacial score (nSPS) is 19.1. The maximum absolute atomic E-state index is 11.6. The van der Waals surface area contributed by atoms with Gasteiger partial charge in [0.25, 0.3) is 0 Å². The Kier molecular flexibility index (Phi) is 3.48. The Hall–Kier alpha value is -1.35. The molecule has 17 heavy (non-hydrogen) atoms. The van der Waals surface area contributed by atoms with Gasteiger partial charge >= 0.3 is 0 Å². The molecule has 1 amide bonds. The second kappa shape index (κ2) is 4.88. The standard InChI is InChI=1S/C14H20N2O/c1-9(2)10-3-4-13-12(7-10)11(5-6-15)8-14(17)16-13/h3-4,7,9,11H,5-6,8,15H2,1-2H3,(H,16,17). The van der Waals surface area contributed by atoms with Crippen molar-refractivity contribution in [3.05, 3.63) is 29.3 Å². The van der Waals surface area contributed by atoms with Gasteiger partial charge in [-0.15, -0.1) is 0 Å². The molecule has 0 spiro atoms. The van der Waals surface area contributed by atoms with Crippen molar-refractivity contribution in [1.82, 2.24) is 0 Å². The van der Waals surface area contributed by atoms with Crippen molar-refractivity contribution in [2.75, 3.05) is 11.9 Å². The smallest absolute Gasteiger partial charge is 0.224 e. The SMILES string of the molecule is CC(C)c1ccc2c(c1)C(CCN)CC(=O)N2. The highest BCUT2D eigenvalue weighted by Crippen LogP contribution is 2.35. The minimum atomic E-state index is 0.105. The summed E-state index contributed by atoms with van der Waals surface area (Å²) in [7, 11) is 0. The summed E-state index contributed by atoms with van der Waals surface area (Å²) in [5.41, 5.74) is 9.16. The summed E-state index contributed by atoms with van der Waals surface area (Å²) in [5.74, 6) is 0.896. The van der Waals surface area contributed by atoms with E-state index in [9.17, 15) is 4.79 Å². The molecule has 0 radical (unpaired) electrons. The third-order valence-electron chi connectivity index (χ3n) is 3.40. The van der Waals surface area contributed by atoms with Crippen molar-refractivity contribution in [2.45, 2.75) is 38.5 Å². The van der Waals surface area contributed by atoms with Crippen LogP contribution in [0.25, 0.3) is 0 Å². The number of carbonyl (C=O) groups is 1. The summed E-state index contributed by atoms with van der Waals surface area (Å²) >= 11 is 0. The Morgan fingerprint density at radius 2 is 2.24 bits per heavy atom. The number of fused-ring (bicyclic) bond motifs is 1. The summed E-state index contributed by atoms with van der Waals surface area (Å²) in [4.78, 5) is 11.6. The quantitative estimate of drug-likeness (QED) is 0.841. The number of hydrogen-bond acceptors (Lipinski definition) is 2. The fraction of sp³-hybridized carbons (Fsp3) is 0.500. The van der Waals surface area contributed by atoms with Crippen LogP contribution in [0.3, 0.4) is 0 Å². The highest BCUT2D eigenvalue weighted by molar-refractivity contribution is 5.94. The van der Waals surface area contributed by atoms with Gasteiger partial charge < -0.3 is 11.1 Å². The molecule has 3 nitrogen and oxygen atoms in total. The highest BCUT2D eigenvalue weighted by atomic mass is 16.1. The molecule has 1 unspecified atom stereocenters. The van der Waals surface area contributed by atoms with E-state index in [-0.39, 0.29) is 11.8 Å². The molecule has 1 heterocycles. The minimum absolute atomic E-state index is 0.105. The molecular weight excluding hydrogens is 212 g/mol. The van der Waals surface area contributed by atoms with Crippen LogP contribution in [-0.2, 0) is 4.79 Å². The van der Waals surface area contributed by atoms with Crippen molar-refractivity contribution in [2.24, 2.45) is 5.73 Å². The second-order valence-electron chi connectivity index (χ2n) is 5.03. The molecule has 1 aliphatic rings. The van der Waals surface area contributed by atoms with E-state index in [0.29, 0.717) is 18.9 Å². The molecule has 0 fully saturated rings. The Morgan fingerprint density at radius 1 is 1.47 bits per heavy atom. The Bertz CT molecular complexity index is 426. The second-order valence-corrected chi connectivity index (χ2v) is 5.03. The maximum atomic E-state index is 11.6. The fourth-order valence-corrected chi connectivity index (χ4v) is 2.39. The zero-order chi connectivity index (χ0) is 12.4. The van der Waals surface area contributed by atoms with Gasteiger partial charge in [-0.2, -0.15) is 0 Å². The lowest BCUT2D eigenvalue weighted by Gasteiger charge is -2.26. The van der Waals surface area contributed by atoms with E-state index in [1.807, 2.05) is 6.07 Å². The van der Waals surface area contributed by atoms with E-state index in [0.717, 1.165) is 12.1 Å². The van der Waals surface area contributed by atoms with Gasteiger partial charge in [0.2, 0.25) is 5.91 Å². The molecule has 0 saturated heterocycles. The first-order chi connectivity index (χ1) is 8.11. The van der Waals surface area contributed by atoms with Gasteiger partial charge in [-0.3, -0.25) is 4.79 Å². The van der Waals surface area contributed by atoms with Crippen molar-refractivity contribution in [1.29, 1.82) is 0 Å². The fourth-order valence-electron chi connectivity index (χ4n) is 2.39. The number of nitrogens with one attached hydrogen (secondary N) is 1. The summed E-state index contributed by atoms with van der Waals surface area (Å²) in [5, 5.41) is 2.93. The van der Waals surface area contributed by atoms with Crippen molar-refractivity contribution >= 4 is 11.6 Å². The first-order valence-electron chi connectivity index (χ1n) is 6.25. The zero-order valence-corrected chi connectivity index (χ0v) is 10.5. The highest BCUT2D eigenvalue weighted by Gasteiger charge is 2.24. The number of nitrogens with two attached hydrogens (primary N) is 1. The largest absolute Gasteiger partial charge is 0.330 e. The van der Waals surface area contributed by atoms with Crippen molar-refractivity contribution in [3.63, 3.8) is 0 Å². The molecule has 0 bridgehead atoms. The molecule has 0 aromatic heterocycles. The first kappa shape index (κ1) is 12.1. The lowest BCUT2D eigenvalue weighted by Crippen LogP contribution is -2.24. The van der Waals surface area contributed by atoms with E-state index >= 15 is 0 Å². The van der Waals surface area contributed by atoms with Crippen LogP contribution >= 0.6 is 0 Å². The third-order valence-corrected chi connectivity index (χ3v) is 3.40. The third kappa shape index (κ3) is 2.50. The van der Waals surface area contributed by atoms with Gasteiger partial charge in [-0.1, -0.05) is 26.0 Å². The summed E-state index contributed by atoms with van der Waals surface area (Å²) in [6.07, 6.45) is 1.44. The zero-order valence-electron chi connectivity index (χ0n) is 10.5. The number of rotatable bonds is 3. The van der Waals surface area contributed by atoms with Crippen LogP contribution in [0.4, 0.5) is 5.69 Å². The molecule has 1 atom stereocenters. The Balaban J connectivity index is 2.38. The molecule has 92 valence electrons. The Labute approximate surface area is 102 Å². The van der Waals surface area contributed by atoms with Crippen LogP contribution in [-0.4, -0.2) is 12.5 Å². The van der Waals surface area contributed by atoms with Gasteiger partial charge in [0.05, 0.1) is 0 Å². The van der Waals surface area contributed by atoms with Crippen LogP contribution in [0.2, 0.25) is 0 Å². The Morgan fingerprint density at radius 3 is 2.88 bits per heavy atom. The molecule has 0 saturated carbocycles. The van der Waals surface area contributed by atoms with Crippen LogP contribution in [0.1, 0.15) is 49.7 Å². The van der Waals surface area contributed by atoms with Crippen LogP contribution in [0.15, 0.2) is 18.2 Å².